The van der Waals surface area contributed by atoms with E-state index >= 15 is 0 Å². The van der Waals surface area contributed by atoms with Crippen LogP contribution in [0.5, 0.6) is 0 Å². The molecule has 1 aliphatic rings. The van der Waals surface area contributed by atoms with E-state index in [9.17, 15) is 4.79 Å². The van der Waals surface area contributed by atoms with Gasteiger partial charge in [-0.05, 0) is 23.8 Å². The van der Waals surface area contributed by atoms with Crippen LogP contribution in [0.3, 0.4) is 0 Å². The molecule has 1 rings (SSSR count). The van der Waals surface area contributed by atoms with Crippen molar-refractivity contribution in [3.05, 3.63) is 11.6 Å². The number of carbonyl (C=O) groups is 1. The zero-order chi connectivity index (χ0) is 9.19. The van der Waals surface area contributed by atoms with Crippen LogP contribution in [0.15, 0.2) is 11.6 Å². The lowest BCUT2D eigenvalue weighted by molar-refractivity contribution is -0.134. The van der Waals surface area contributed by atoms with Crippen LogP contribution in [0.2, 0.25) is 0 Å². The molecule has 0 unspecified atom stereocenters. The SMILES string of the molecule is CC(C)(C)CCC1=CC(=O)OC1. The number of rotatable bonds is 2. The van der Waals surface area contributed by atoms with Gasteiger partial charge in [0.1, 0.15) is 6.61 Å². The van der Waals surface area contributed by atoms with Crippen molar-refractivity contribution in [1.29, 1.82) is 0 Å². The monoisotopic (exact) mass is 168 g/mol. The van der Waals surface area contributed by atoms with Crippen LogP contribution in [0.4, 0.5) is 0 Å². The van der Waals surface area contributed by atoms with E-state index in [-0.39, 0.29) is 5.97 Å². The van der Waals surface area contributed by atoms with Crippen LogP contribution in [0.1, 0.15) is 33.6 Å². The Labute approximate surface area is 73.6 Å². The van der Waals surface area contributed by atoms with Gasteiger partial charge in [-0.25, -0.2) is 4.79 Å². The van der Waals surface area contributed by atoms with Gasteiger partial charge in [-0.15, -0.1) is 0 Å². The summed E-state index contributed by atoms with van der Waals surface area (Å²) in [6.07, 6.45) is 3.70. The molecule has 0 aromatic heterocycles. The molecule has 1 aliphatic heterocycles. The lowest BCUT2D eigenvalue weighted by atomic mass is 9.89. The average Bonchev–Trinajstić information content (AvgIpc) is 2.30. The second kappa shape index (κ2) is 3.30. The molecule has 0 radical (unpaired) electrons. The van der Waals surface area contributed by atoms with Gasteiger partial charge >= 0.3 is 5.97 Å². The lowest BCUT2D eigenvalue weighted by Gasteiger charge is -2.17. The van der Waals surface area contributed by atoms with Crippen LogP contribution in [0, 0.1) is 5.41 Å². The maximum absolute atomic E-state index is 10.7. The number of hydrogen-bond donors (Lipinski definition) is 0. The van der Waals surface area contributed by atoms with Crippen molar-refractivity contribution < 1.29 is 9.53 Å². The van der Waals surface area contributed by atoms with Crippen molar-refractivity contribution in [2.75, 3.05) is 6.61 Å². The Morgan fingerprint density at radius 3 is 2.58 bits per heavy atom. The van der Waals surface area contributed by atoms with E-state index in [4.69, 9.17) is 4.74 Å². The number of carbonyl (C=O) groups excluding carboxylic acids is 1. The predicted octanol–water partition coefficient (Wildman–Crippen LogP) is 2.30. The fraction of sp³-hybridized carbons (Fsp3) is 0.700. The lowest BCUT2D eigenvalue weighted by Crippen LogP contribution is -2.05. The topological polar surface area (TPSA) is 26.3 Å². The van der Waals surface area contributed by atoms with Gasteiger partial charge < -0.3 is 4.74 Å². The summed E-state index contributed by atoms with van der Waals surface area (Å²) in [5.74, 6) is -0.182. The fourth-order valence-corrected chi connectivity index (χ4v) is 1.09. The molecule has 0 spiro atoms. The van der Waals surface area contributed by atoms with E-state index in [1.807, 2.05) is 0 Å². The standard InChI is InChI=1S/C10H16O2/c1-10(2,3)5-4-8-6-9(11)12-7-8/h6H,4-5,7H2,1-3H3. The first-order chi connectivity index (χ1) is 5.47. The van der Waals surface area contributed by atoms with E-state index in [0.29, 0.717) is 12.0 Å². The first-order valence-corrected chi connectivity index (χ1v) is 4.33. The van der Waals surface area contributed by atoms with Crippen molar-refractivity contribution in [3.63, 3.8) is 0 Å². The Kier molecular flexibility index (Phi) is 2.55. The second-order valence-electron chi connectivity index (χ2n) is 4.47. The van der Waals surface area contributed by atoms with Gasteiger partial charge in [0, 0.05) is 6.08 Å². The smallest absolute Gasteiger partial charge is 0.331 e. The summed E-state index contributed by atoms with van der Waals surface area (Å²) in [6, 6.07) is 0. The summed E-state index contributed by atoms with van der Waals surface area (Å²) in [7, 11) is 0. The van der Waals surface area contributed by atoms with Crippen molar-refractivity contribution in [1.82, 2.24) is 0 Å². The third kappa shape index (κ3) is 3.07. The Morgan fingerprint density at radius 1 is 1.50 bits per heavy atom. The third-order valence-electron chi connectivity index (χ3n) is 1.92. The highest BCUT2D eigenvalue weighted by Gasteiger charge is 2.16. The molecular weight excluding hydrogens is 152 g/mol. The van der Waals surface area contributed by atoms with Crippen LogP contribution in [-0.4, -0.2) is 12.6 Å². The molecular formula is C10H16O2. The Hall–Kier alpha value is -0.790. The summed E-state index contributed by atoms with van der Waals surface area (Å²) in [5, 5.41) is 0. The number of esters is 1. The molecule has 68 valence electrons. The normalized spacial score (nSPS) is 17.6. The van der Waals surface area contributed by atoms with Gasteiger partial charge in [-0.2, -0.15) is 0 Å². The molecule has 0 aromatic carbocycles. The van der Waals surface area contributed by atoms with Gasteiger partial charge in [0.2, 0.25) is 0 Å². The molecule has 0 saturated carbocycles. The number of cyclic esters (lactones) is 1. The Bertz CT molecular complexity index is 208. The quantitative estimate of drug-likeness (QED) is 0.591. The molecule has 0 aromatic rings. The van der Waals surface area contributed by atoms with E-state index < -0.39 is 0 Å². The van der Waals surface area contributed by atoms with Crippen molar-refractivity contribution in [2.24, 2.45) is 5.41 Å². The first kappa shape index (κ1) is 9.30. The molecule has 0 bridgehead atoms. The molecule has 2 nitrogen and oxygen atoms in total. The molecule has 0 aliphatic carbocycles. The van der Waals surface area contributed by atoms with Crippen LogP contribution in [0.25, 0.3) is 0 Å². The van der Waals surface area contributed by atoms with Gasteiger partial charge in [0.25, 0.3) is 0 Å². The van der Waals surface area contributed by atoms with E-state index in [1.54, 1.807) is 6.08 Å². The zero-order valence-corrected chi connectivity index (χ0v) is 8.02. The summed E-state index contributed by atoms with van der Waals surface area (Å²) >= 11 is 0. The number of hydrogen-bond acceptors (Lipinski definition) is 2. The average molecular weight is 168 g/mol. The minimum Gasteiger partial charge on any atom is -0.458 e. The van der Waals surface area contributed by atoms with Crippen molar-refractivity contribution >= 4 is 5.97 Å². The zero-order valence-electron chi connectivity index (χ0n) is 8.02. The molecule has 0 atom stereocenters. The summed E-state index contributed by atoms with van der Waals surface area (Å²) in [5.41, 5.74) is 1.47. The fourth-order valence-electron chi connectivity index (χ4n) is 1.09. The molecule has 0 saturated heterocycles. The van der Waals surface area contributed by atoms with Crippen molar-refractivity contribution in [3.8, 4) is 0 Å². The second-order valence-corrected chi connectivity index (χ2v) is 4.47. The van der Waals surface area contributed by atoms with E-state index in [1.165, 1.54) is 0 Å². The maximum Gasteiger partial charge on any atom is 0.331 e. The van der Waals surface area contributed by atoms with E-state index in [2.05, 4.69) is 20.8 Å². The van der Waals surface area contributed by atoms with Crippen LogP contribution < -0.4 is 0 Å². The summed E-state index contributed by atoms with van der Waals surface area (Å²) in [6.45, 7) is 7.11. The summed E-state index contributed by atoms with van der Waals surface area (Å²) in [4.78, 5) is 10.7. The highest BCUT2D eigenvalue weighted by atomic mass is 16.5. The molecule has 2 heteroatoms. The highest BCUT2D eigenvalue weighted by Crippen LogP contribution is 2.24. The molecule has 12 heavy (non-hydrogen) atoms. The van der Waals surface area contributed by atoms with Crippen LogP contribution in [-0.2, 0) is 9.53 Å². The number of ether oxygens (including phenoxy) is 1. The van der Waals surface area contributed by atoms with E-state index in [0.717, 1.165) is 18.4 Å². The van der Waals surface area contributed by atoms with Gasteiger partial charge in [-0.3, -0.25) is 0 Å². The third-order valence-corrected chi connectivity index (χ3v) is 1.92. The highest BCUT2D eigenvalue weighted by molar-refractivity contribution is 5.85. The minimum atomic E-state index is -0.182. The molecule has 0 N–H and O–H groups in total. The Morgan fingerprint density at radius 2 is 2.17 bits per heavy atom. The van der Waals surface area contributed by atoms with Gasteiger partial charge in [0.05, 0.1) is 0 Å². The first-order valence-electron chi connectivity index (χ1n) is 4.33. The van der Waals surface area contributed by atoms with Crippen LogP contribution >= 0.6 is 0 Å². The maximum atomic E-state index is 10.7. The molecule has 0 amide bonds. The van der Waals surface area contributed by atoms with Gasteiger partial charge in [0.15, 0.2) is 0 Å². The summed E-state index contributed by atoms with van der Waals surface area (Å²) < 4.78 is 4.80. The van der Waals surface area contributed by atoms with Crippen molar-refractivity contribution in [2.45, 2.75) is 33.6 Å². The Balaban J connectivity index is 2.34. The minimum absolute atomic E-state index is 0.182. The van der Waals surface area contributed by atoms with Gasteiger partial charge in [-0.1, -0.05) is 20.8 Å². The largest absolute Gasteiger partial charge is 0.458 e. The molecule has 1 heterocycles. The molecule has 0 fully saturated rings. The predicted molar refractivity (Wildman–Crippen MR) is 47.7 cm³/mol.